The van der Waals surface area contributed by atoms with Gasteiger partial charge in [0.05, 0.1) is 6.54 Å². The van der Waals surface area contributed by atoms with Crippen LogP contribution in [0.15, 0.2) is 0 Å². The molecule has 1 saturated carbocycles. The van der Waals surface area contributed by atoms with Crippen LogP contribution in [-0.4, -0.2) is 41.9 Å². The number of carboxylic acid groups (broad SMARTS) is 1. The molecule has 1 aliphatic carbocycles. The first kappa shape index (κ1) is 15.8. The zero-order valence-electron chi connectivity index (χ0n) is 11.9. The van der Waals surface area contributed by atoms with E-state index in [4.69, 9.17) is 9.84 Å². The highest BCUT2D eigenvalue weighted by Gasteiger charge is 2.28. The van der Waals surface area contributed by atoms with Gasteiger partial charge in [0.15, 0.2) is 0 Å². The minimum Gasteiger partial charge on any atom is -0.480 e. The molecule has 0 bridgehead atoms. The van der Waals surface area contributed by atoms with Crippen molar-refractivity contribution in [1.82, 2.24) is 10.6 Å². The Morgan fingerprint density at radius 1 is 1.32 bits per heavy atom. The Labute approximate surface area is 113 Å². The first-order valence-corrected chi connectivity index (χ1v) is 6.70. The fourth-order valence-electron chi connectivity index (χ4n) is 2.30. The number of hydrogen-bond donors (Lipinski definition) is 3. The predicted molar refractivity (Wildman–Crippen MR) is 71.0 cm³/mol. The molecule has 3 N–H and O–H groups in total. The lowest BCUT2D eigenvalue weighted by Crippen LogP contribution is -2.42. The van der Waals surface area contributed by atoms with Crippen LogP contribution in [0.25, 0.3) is 0 Å². The highest BCUT2D eigenvalue weighted by atomic mass is 16.6. The van der Waals surface area contributed by atoms with Crippen molar-refractivity contribution in [2.24, 2.45) is 5.92 Å². The lowest BCUT2D eigenvalue weighted by atomic mass is 10.0. The topological polar surface area (TPSA) is 87.7 Å². The second kappa shape index (κ2) is 6.75. The van der Waals surface area contributed by atoms with E-state index in [0.29, 0.717) is 6.54 Å². The molecular weight excluding hydrogens is 248 g/mol. The van der Waals surface area contributed by atoms with Gasteiger partial charge in [-0.2, -0.15) is 0 Å². The number of carbonyl (C=O) groups excluding carboxylic acids is 1. The van der Waals surface area contributed by atoms with Crippen molar-refractivity contribution in [2.75, 3.05) is 13.1 Å². The molecule has 1 rings (SSSR count). The van der Waals surface area contributed by atoms with Gasteiger partial charge in [0.1, 0.15) is 5.60 Å². The van der Waals surface area contributed by atoms with Crippen LogP contribution in [0.2, 0.25) is 0 Å². The van der Waals surface area contributed by atoms with Gasteiger partial charge in [-0.15, -0.1) is 0 Å². The molecule has 0 spiro atoms. The second-order valence-corrected chi connectivity index (χ2v) is 5.95. The fraction of sp³-hybridized carbons (Fsp3) is 0.846. The number of alkyl carbamates (subject to hydrolysis) is 1. The summed E-state index contributed by atoms with van der Waals surface area (Å²) in [5.74, 6) is -0.586. The lowest BCUT2D eigenvalue weighted by Gasteiger charge is -2.23. The summed E-state index contributed by atoms with van der Waals surface area (Å²) in [6.07, 6.45) is 2.58. The number of carbonyl (C=O) groups is 2. The molecule has 0 radical (unpaired) electrons. The third kappa shape index (κ3) is 6.42. The Hall–Kier alpha value is -1.30. The molecule has 2 unspecified atom stereocenters. The summed E-state index contributed by atoms with van der Waals surface area (Å²) >= 11 is 0. The maximum absolute atomic E-state index is 11.5. The number of ether oxygens (including phenoxy) is 1. The molecule has 1 fully saturated rings. The van der Waals surface area contributed by atoms with Crippen molar-refractivity contribution in [1.29, 1.82) is 0 Å². The summed E-state index contributed by atoms with van der Waals surface area (Å²) in [6, 6.07) is 0.158. The molecule has 0 aliphatic heterocycles. The van der Waals surface area contributed by atoms with Gasteiger partial charge in [0, 0.05) is 12.6 Å². The minimum atomic E-state index is -0.856. The average Bonchev–Trinajstić information content (AvgIpc) is 2.68. The van der Waals surface area contributed by atoms with E-state index >= 15 is 0 Å². The lowest BCUT2D eigenvalue weighted by molar-refractivity contribution is -0.136. The largest absolute Gasteiger partial charge is 0.480 e. The smallest absolute Gasteiger partial charge is 0.407 e. The van der Waals surface area contributed by atoms with E-state index in [1.54, 1.807) is 0 Å². The molecule has 2 atom stereocenters. The summed E-state index contributed by atoms with van der Waals surface area (Å²) in [5, 5.41) is 14.4. The van der Waals surface area contributed by atoms with Crippen LogP contribution < -0.4 is 10.6 Å². The van der Waals surface area contributed by atoms with Crippen LogP contribution in [0.4, 0.5) is 4.79 Å². The Kier molecular flexibility index (Phi) is 5.60. The molecule has 19 heavy (non-hydrogen) atoms. The Morgan fingerprint density at radius 2 is 2.00 bits per heavy atom. The van der Waals surface area contributed by atoms with E-state index in [-0.39, 0.29) is 18.5 Å². The van der Waals surface area contributed by atoms with Crippen LogP contribution in [0.5, 0.6) is 0 Å². The van der Waals surface area contributed by atoms with Gasteiger partial charge in [-0.25, -0.2) is 4.79 Å². The van der Waals surface area contributed by atoms with Gasteiger partial charge in [0.25, 0.3) is 0 Å². The first-order chi connectivity index (χ1) is 8.78. The predicted octanol–water partition coefficient (Wildman–Crippen LogP) is 1.35. The van der Waals surface area contributed by atoms with Crippen molar-refractivity contribution in [3.8, 4) is 0 Å². The molecule has 0 saturated heterocycles. The number of rotatable bonds is 5. The number of aliphatic carboxylic acids is 1. The van der Waals surface area contributed by atoms with Gasteiger partial charge in [-0.3, -0.25) is 4.79 Å². The summed E-state index contributed by atoms with van der Waals surface area (Å²) in [7, 11) is 0. The molecular formula is C13H24N2O4. The molecule has 1 aliphatic rings. The van der Waals surface area contributed by atoms with E-state index in [0.717, 1.165) is 19.3 Å². The summed E-state index contributed by atoms with van der Waals surface area (Å²) < 4.78 is 5.17. The Morgan fingerprint density at radius 3 is 2.58 bits per heavy atom. The van der Waals surface area contributed by atoms with Gasteiger partial charge >= 0.3 is 12.1 Å². The average molecular weight is 272 g/mol. The number of carboxylic acids is 1. The highest BCUT2D eigenvalue weighted by Crippen LogP contribution is 2.25. The molecule has 6 nitrogen and oxygen atoms in total. The maximum atomic E-state index is 11.5. The summed E-state index contributed by atoms with van der Waals surface area (Å²) in [4.78, 5) is 22.1. The van der Waals surface area contributed by atoms with Gasteiger partial charge in [-0.05, 0) is 39.5 Å². The Balaban J connectivity index is 2.31. The van der Waals surface area contributed by atoms with Crippen LogP contribution in [-0.2, 0) is 9.53 Å². The molecule has 110 valence electrons. The quantitative estimate of drug-likeness (QED) is 0.703. The van der Waals surface area contributed by atoms with Crippen LogP contribution in [0, 0.1) is 5.92 Å². The maximum Gasteiger partial charge on any atom is 0.407 e. The Bertz CT molecular complexity index is 325. The van der Waals surface area contributed by atoms with Crippen molar-refractivity contribution in [3.63, 3.8) is 0 Å². The fourth-order valence-corrected chi connectivity index (χ4v) is 2.30. The molecule has 1 amide bonds. The van der Waals surface area contributed by atoms with E-state index in [1.807, 2.05) is 20.8 Å². The molecule has 0 heterocycles. The van der Waals surface area contributed by atoms with E-state index in [2.05, 4.69) is 10.6 Å². The monoisotopic (exact) mass is 272 g/mol. The van der Waals surface area contributed by atoms with E-state index in [9.17, 15) is 9.59 Å². The molecule has 0 aromatic heterocycles. The number of hydrogen-bond acceptors (Lipinski definition) is 4. The minimum absolute atomic E-state index is 0.0341. The van der Waals surface area contributed by atoms with Crippen molar-refractivity contribution < 1.29 is 19.4 Å². The van der Waals surface area contributed by atoms with Gasteiger partial charge in [-0.1, -0.05) is 6.42 Å². The van der Waals surface area contributed by atoms with Crippen LogP contribution in [0.1, 0.15) is 40.0 Å². The van der Waals surface area contributed by atoms with E-state index in [1.165, 1.54) is 0 Å². The zero-order chi connectivity index (χ0) is 14.5. The van der Waals surface area contributed by atoms with Crippen LogP contribution in [0.3, 0.4) is 0 Å². The standard InChI is InChI=1S/C13H24N2O4/c1-13(2,3)19-12(18)15-7-9-5-4-6-10(9)14-8-11(16)17/h9-10,14H,4-8H2,1-3H3,(H,15,18)(H,16,17). The van der Waals surface area contributed by atoms with E-state index < -0.39 is 17.7 Å². The number of nitrogens with one attached hydrogen (secondary N) is 2. The van der Waals surface area contributed by atoms with Crippen molar-refractivity contribution in [2.45, 2.75) is 51.7 Å². The van der Waals surface area contributed by atoms with Gasteiger partial charge in [0.2, 0.25) is 0 Å². The van der Waals surface area contributed by atoms with Gasteiger partial charge < -0.3 is 20.5 Å². The van der Waals surface area contributed by atoms with Crippen molar-refractivity contribution >= 4 is 12.1 Å². The second-order valence-electron chi connectivity index (χ2n) is 5.95. The third-order valence-corrected chi connectivity index (χ3v) is 3.08. The van der Waals surface area contributed by atoms with Crippen LogP contribution >= 0.6 is 0 Å². The normalized spacial score (nSPS) is 23.1. The third-order valence-electron chi connectivity index (χ3n) is 3.08. The molecule has 0 aromatic rings. The molecule has 6 heteroatoms. The first-order valence-electron chi connectivity index (χ1n) is 6.70. The SMILES string of the molecule is CC(C)(C)OC(=O)NCC1CCCC1NCC(=O)O. The van der Waals surface area contributed by atoms with Crippen molar-refractivity contribution in [3.05, 3.63) is 0 Å². The summed E-state index contributed by atoms with van der Waals surface area (Å²) in [5.41, 5.74) is -0.499. The number of amides is 1. The highest BCUT2D eigenvalue weighted by molar-refractivity contribution is 5.69. The summed E-state index contributed by atoms with van der Waals surface area (Å²) in [6.45, 7) is 5.94. The zero-order valence-corrected chi connectivity index (χ0v) is 11.9. The molecule has 0 aromatic carbocycles.